The highest BCUT2D eigenvalue weighted by Crippen LogP contribution is 2.39. The molecule has 76 valence electrons. The van der Waals surface area contributed by atoms with Crippen LogP contribution in [0.25, 0.3) is 0 Å². The molecule has 2 rings (SSSR count). The van der Waals surface area contributed by atoms with Gasteiger partial charge >= 0.3 is 0 Å². The van der Waals surface area contributed by atoms with Crippen LogP contribution in [0, 0.1) is 5.82 Å². The van der Waals surface area contributed by atoms with Crippen LogP contribution >= 0.6 is 0 Å². The van der Waals surface area contributed by atoms with Crippen LogP contribution < -0.4 is 15.2 Å². The zero-order valence-electron chi connectivity index (χ0n) is 7.92. The van der Waals surface area contributed by atoms with E-state index in [0.717, 1.165) is 0 Å². The van der Waals surface area contributed by atoms with E-state index >= 15 is 0 Å². The summed E-state index contributed by atoms with van der Waals surface area (Å²) in [6, 6.07) is 2.60. The molecule has 0 aromatic heterocycles. The molecule has 0 bridgehead atoms. The van der Waals surface area contributed by atoms with E-state index in [1.165, 1.54) is 13.2 Å². The summed E-state index contributed by atoms with van der Waals surface area (Å²) in [6.07, 6.45) is 0.636. The number of halogens is 1. The largest absolute Gasteiger partial charge is 0.493 e. The first-order chi connectivity index (χ1) is 6.74. The maximum Gasteiger partial charge on any atom is 0.168 e. The van der Waals surface area contributed by atoms with Crippen molar-refractivity contribution in [3.8, 4) is 11.5 Å². The van der Waals surface area contributed by atoms with Crippen LogP contribution in [0.4, 0.5) is 4.39 Å². The van der Waals surface area contributed by atoms with Crippen molar-refractivity contribution in [1.29, 1.82) is 0 Å². The third kappa shape index (κ3) is 1.32. The Kier molecular flexibility index (Phi) is 2.29. The highest BCUT2D eigenvalue weighted by Gasteiger charge is 2.25. The van der Waals surface area contributed by atoms with Crippen molar-refractivity contribution < 1.29 is 13.9 Å². The van der Waals surface area contributed by atoms with Crippen LogP contribution in [0.5, 0.6) is 11.5 Å². The third-order valence-electron chi connectivity index (χ3n) is 2.37. The molecule has 1 aliphatic rings. The summed E-state index contributed by atoms with van der Waals surface area (Å²) in [5.41, 5.74) is 6.22. The SMILES string of the molecule is COc1ccc(F)c2c1OCC[C@@H]2N. The van der Waals surface area contributed by atoms with Gasteiger partial charge in [-0.05, 0) is 12.1 Å². The van der Waals surface area contributed by atoms with E-state index in [-0.39, 0.29) is 11.9 Å². The minimum Gasteiger partial charge on any atom is -0.493 e. The predicted octanol–water partition coefficient (Wildman–Crippen LogP) is 1.62. The first-order valence-electron chi connectivity index (χ1n) is 4.49. The molecule has 0 spiro atoms. The molecule has 4 heteroatoms. The van der Waals surface area contributed by atoms with Gasteiger partial charge in [-0.3, -0.25) is 0 Å². The number of fused-ring (bicyclic) bond motifs is 1. The second kappa shape index (κ2) is 3.46. The molecule has 1 aromatic carbocycles. The molecule has 0 saturated carbocycles. The Balaban J connectivity index is 2.57. The topological polar surface area (TPSA) is 44.5 Å². The molecule has 0 amide bonds. The average molecular weight is 197 g/mol. The number of rotatable bonds is 1. The van der Waals surface area contributed by atoms with E-state index in [9.17, 15) is 4.39 Å². The monoisotopic (exact) mass is 197 g/mol. The molecule has 0 saturated heterocycles. The minimum absolute atomic E-state index is 0.297. The number of ether oxygens (including phenoxy) is 2. The fraction of sp³-hybridized carbons (Fsp3) is 0.400. The van der Waals surface area contributed by atoms with Crippen molar-refractivity contribution in [2.75, 3.05) is 13.7 Å². The lowest BCUT2D eigenvalue weighted by Gasteiger charge is -2.24. The van der Waals surface area contributed by atoms with Crippen molar-refractivity contribution >= 4 is 0 Å². The number of hydrogen-bond acceptors (Lipinski definition) is 3. The van der Waals surface area contributed by atoms with Gasteiger partial charge in [0.2, 0.25) is 0 Å². The van der Waals surface area contributed by atoms with Gasteiger partial charge < -0.3 is 15.2 Å². The van der Waals surface area contributed by atoms with E-state index in [2.05, 4.69) is 0 Å². The van der Waals surface area contributed by atoms with E-state index in [0.29, 0.717) is 30.1 Å². The van der Waals surface area contributed by atoms with Crippen LogP contribution in [0.1, 0.15) is 18.0 Å². The molecule has 0 fully saturated rings. The summed E-state index contributed by atoms with van der Waals surface area (Å²) in [6.45, 7) is 0.508. The lowest BCUT2D eigenvalue weighted by Crippen LogP contribution is -2.22. The van der Waals surface area contributed by atoms with Crippen LogP contribution in [-0.4, -0.2) is 13.7 Å². The maximum atomic E-state index is 13.4. The van der Waals surface area contributed by atoms with Crippen molar-refractivity contribution in [2.45, 2.75) is 12.5 Å². The Bertz CT molecular complexity index is 354. The van der Waals surface area contributed by atoms with E-state index in [1.807, 2.05) is 0 Å². The van der Waals surface area contributed by atoms with Crippen LogP contribution in [0.2, 0.25) is 0 Å². The van der Waals surface area contributed by atoms with Gasteiger partial charge in [0.15, 0.2) is 11.5 Å². The quantitative estimate of drug-likeness (QED) is 0.744. The number of hydrogen-bond donors (Lipinski definition) is 1. The molecule has 1 aliphatic heterocycles. The van der Waals surface area contributed by atoms with Crippen molar-refractivity contribution in [1.82, 2.24) is 0 Å². The molecule has 3 nitrogen and oxygen atoms in total. The molecule has 1 heterocycles. The van der Waals surface area contributed by atoms with Gasteiger partial charge in [0.1, 0.15) is 5.82 Å². The molecule has 14 heavy (non-hydrogen) atoms. The fourth-order valence-corrected chi connectivity index (χ4v) is 1.64. The summed E-state index contributed by atoms with van der Waals surface area (Å²) < 4.78 is 23.8. The zero-order valence-corrected chi connectivity index (χ0v) is 7.92. The third-order valence-corrected chi connectivity index (χ3v) is 2.37. The first-order valence-corrected chi connectivity index (χ1v) is 4.49. The van der Waals surface area contributed by atoms with Crippen LogP contribution in [0.15, 0.2) is 12.1 Å². The lowest BCUT2D eigenvalue weighted by molar-refractivity contribution is 0.248. The highest BCUT2D eigenvalue weighted by atomic mass is 19.1. The van der Waals surface area contributed by atoms with Crippen molar-refractivity contribution in [2.24, 2.45) is 5.73 Å². The Morgan fingerprint density at radius 2 is 2.36 bits per heavy atom. The standard InChI is InChI=1S/C10H12FNO2/c1-13-8-3-2-6(11)9-7(12)4-5-14-10(8)9/h2-3,7H,4-5,12H2,1H3/t7-/m0/s1. The summed E-state index contributed by atoms with van der Waals surface area (Å²) in [5, 5.41) is 0. The molecule has 1 atom stereocenters. The van der Waals surface area contributed by atoms with Gasteiger partial charge in [-0.1, -0.05) is 0 Å². The summed E-state index contributed by atoms with van der Waals surface area (Å²) in [5.74, 6) is 0.663. The van der Waals surface area contributed by atoms with Gasteiger partial charge in [-0.2, -0.15) is 0 Å². The zero-order chi connectivity index (χ0) is 10.1. The maximum absolute atomic E-state index is 13.4. The minimum atomic E-state index is -0.326. The molecule has 1 aromatic rings. The normalized spacial score (nSPS) is 19.8. The van der Waals surface area contributed by atoms with Crippen LogP contribution in [-0.2, 0) is 0 Å². The highest BCUT2D eigenvalue weighted by molar-refractivity contribution is 5.49. The van der Waals surface area contributed by atoms with E-state index in [4.69, 9.17) is 15.2 Å². The summed E-state index contributed by atoms with van der Waals surface area (Å²) >= 11 is 0. The average Bonchev–Trinajstić information content (AvgIpc) is 2.18. The summed E-state index contributed by atoms with van der Waals surface area (Å²) in [7, 11) is 1.52. The fourth-order valence-electron chi connectivity index (χ4n) is 1.64. The van der Waals surface area contributed by atoms with Gasteiger partial charge in [0.05, 0.1) is 19.3 Å². The molecular weight excluding hydrogens is 185 g/mol. The van der Waals surface area contributed by atoms with E-state index < -0.39 is 0 Å². The Labute approximate surface area is 81.6 Å². The second-order valence-electron chi connectivity index (χ2n) is 3.24. The van der Waals surface area contributed by atoms with Gasteiger partial charge in [-0.15, -0.1) is 0 Å². The van der Waals surface area contributed by atoms with Gasteiger partial charge in [0.25, 0.3) is 0 Å². The summed E-state index contributed by atoms with van der Waals surface area (Å²) in [4.78, 5) is 0. The van der Waals surface area contributed by atoms with E-state index in [1.54, 1.807) is 6.07 Å². The Morgan fingerprint density at radius 1 is 1.57 bits per heavy atom. The molecular formula is C10H12FNO2. The Morgan fingerprint density at radius 3 is 3.07 bits per heavy atom. The first kappa shape index (κ1) is 9.27. The number of methoxy groups -OCH3 is 1. The molecule has 0 aliphatic carbocycles. The smallest absolute Gasteiger partial charge is 0.168 e. The molecule has 2 N–H and O–H groups in total. The molecule has 0 radical (unpaired) electrons. The number of benzene rings is 1. The lowest BCUT2D eigenvalue weighted by atomic mass is 10.0. The second-order valence-corrected chi connectivity index (χ2v) is 3.24. The molecule has 0 unspecified atom stereocenters. The number of nitrogens with two attached hydrogens (primary N) is 1. The van der Waals surface area contributed by atoms with Crippen molar-refractivity contribution in [3.05, 3.63) is 23.5 Å². The van der Waals surface area contributed by atoms with Crippen molar-refractivity contribution in [3.63, 3.8) is 0 Å². The Hall–Kier alpha value is -1.29. The van der Waals surface area contributed by atoms with Gasteiger partial charge in [-0.25, -0.2) is 4.39 Å². The van der Waals surface area contributed by atoms with Crippen LogP contribution in [0.3, 0.4) is 0 Å². The predicted molar refractivity (Wildman–Crippen MR) is 50.0 cm³/mol. The van der Waals surface area contributed by atoms with Gasteiger partial charge in [0, 0.05) is 12.5 Å².